The Hall–Kier alpha value is -1.87. The van der Waals surface area contributed by atoms with Gasteiger partial charge < -0.3 is 4.42 Å². The van der Waals surface area contributed by atoms with Crippen molar-refractivity contribution in [1.82, 2.24) is 0 Å². The maximum absolute atomic E-state index is 11.1. The summed E-state index contributed by atoms with van der Waals surface area (Å²) < 4.78 is 6.23. The van der Waals surface area contributed by atoms with E-state index in [1.54, 1.807) is 12.1 Å². The van der Waals surface area contributed by atoms with E-state index in [0.717, 1.165) is 4.47 Å². The van der Waals surface area contributed by atoms with Gasteiger partial charge in [-0.3, -0.25) is 4.79 Å². The van der Waals surface area contributed by atoms with Gasteiger partial charge in [0.15, 0.2) is 5.43 Å². The van der Waals surface area contributed by atoms with Crippen molar-refractivity contribution in [3.8, 4) is 0 Å². The highest BCUT2D eigenvalue weighted by molar-refractivity contribution is 9.10. The number of halogens is 1. The van der Waals surface area contributed by atoms with Crippen LogP contribution < -0.4 is 5.43 Å². The number of hydrogen-bond donors (Lipinski definition) is 0. The summed E-state index contributed by atoms with van der Waals surface area (Å²) in [5.74, 6) is 0. The first-order valence-electron chi connectivity index (χ1n) is 5.44. The Morgan fingerprint density at radius 2 is 1.50 bits per heavy atom. The Bertz CT molecular complexity index is 669. The molecule has 0 amide bonds. The van der Waals surface area contributed by atoms with Crippen molar-refractivity contribution in [2.24, 2.45) is 0 Å². The first kappa shape index (κ1) is 12.6. The Morgan fingerprint density at radius 1 is 0.833 bits per heavy atom. The van der Waals surface area contributed by atoms with Crippen LogP contribution in [0.15, 0.2) is 80.6 Å². The van der Waals surface area contributed by atoms with Crippen LogP contribution in [-0.4, -0.2) is 0 Å². The van der Waals surface area contributed by atoms with Gasteiger partial charge >= 0.3 is 0 Å². The van der Waals surface area contributed by atoms with E-state index in [2.05, 4.69) is 15.9 Å². The lowest BCUT2D eigenvalue weighted by atomic mass is 10.2. The van der Waals surface area contributed by atoms with E-state index < -0.39 is 0 Å². The van der Waals surface area contributed by atoms with Gasteiger partial charge in [0.1, 0.15) is 5.58 Å². The highest BCUT2D eigenvalue weighted by atomic mass is 79.9. The molecule has 0 fully saturated rings. The van der Waals surface area contributed by atoms with Crippen molar-refractivity contribution in [2.45, 2.75) is 0 Å². The van der Waals surface area contributed by atoms with Crippen molar-refractivity contribution in [2.75, 3.05) is 0 Å². The van der Waals surface area contributed by atoms with E-state index in [4.69, 9.17) is 4.42 Å². The van der Waals surface area contributed by atoms with Crippen molar-refractivity contribution >= 4 is 26.9 Å². The number of para-hydroxylation sites is 1. The smallest absolute Gasteiger partial charge is 0.192 e. The Labute approximate surface area is 113 Å². The van der Waals surface area contributed by atoms with Crippen molar-refractivity contribution in [3.05, 3.63) is 81.6 Å². The second kappa shape index (κ2) is 6.17. The standard InChI is InChI=1S/C9H6O2.C6H5Br/c10-8-5-6-11-9-4-2-1-3-7(8)9;7-6-4-2-1-3-5-6/h1-6H;1-5H. The van der Waals surface area contributed by atoms with Crippen LogP contribution >= 0.6 is 15.9 Å². The number of benzene rings is 2. The predicted octanol–water partition coefficient (Wildman–Crippen LogP) is 4.24. The molecule has 0 unspecified atom stereocenters. The molecule has 0 atom stereocenters. The minimum atomic E-state index is 0.00634. The molecule has 0 aliphatic carbocycles. The molecule has 1 aromatic heterocycles. The zero-order valence-electron chi connectivity index (χ0n) is 9.55. The Balaban J connectivity index is 0.000000149. The van der Waals surface area contributed by atoms with Crippen LogP contribution in [0.5, 0.6) is 0 Å². The monoisotopic (exact) mass is 302 g/mol. The molecule has 0 aliphatic heterocycles. The van der Waals surface area contributed by atoms with E-state index in [-0.39, 0.29) is 5.43 Å². The molecule has 2 nitrogen and oxygen atoms in total. The van der Waals surface area contributed by atoms with Crippen LogP contribution in [0, 0.1) is 0 Å². The summed E-state index contributed by atoms with van der Waals surface area (Å²) in [7, 11) is 0. The first-order valence-corrected chi connectivity index (χ1v) is 6.24. The third-order valence-electron chi connectivity index (χ3n) is 2.30. The summed E-state index contributed by atoms with van der Waals surface area (Å²) in [6, 6.07) is 18.6. The summed E-state index contributed by atoms with van der Waals surface area (Å²) in [5.41, 5.74) is 0.645. The molecule has 0 N–H and O–H groups in total. The van der Waals surface area contributed by atoms with Gasteiger partial charge in [-0.25, -0.2) is 0 Å². The molecule has 3 aromatic rings. The number of rotatable bonds is 0. The van der Waals surface area contributed by atoms with Gasteiger partial charge in [-0.15, -0.1) is 0 Å². The van der Waals surface area contributed by atoms with Crippen LogP contribution in [0.25, 0.3) is 11.0 Å². The highest BCUT2D eigenvalue weighted by Crippen LogP contribution is 2.07. The fourth-order valence-corrected chi connectivity index (χ4v) is 1.75. The fraction of sp³-hybridized carbons (Fsp3) is 0. The minimum absolute atomic E-state index is 0.00634. The van der Waals surface area contributed by atoms with Crippen molar-refractivity contribution in [3.63, 3.8) is 0 Å². The molecular formula is C15H11BrO2. The van der Waals surface area contributed by atoms with Crippen molar-refractivity contribution in [1.29, 1.82) is 0 Å². The molecule has 0 radical (unpaired) electrons. The summed E-state index contributed by atoms with van der Waals surface area (Å²) in [5, 5.41) is 0.634. The summed E-state index contributed by atoms with van der Waals surface area (Å²) in [6.07, 6.45) is 1.41. The number of fused-ring (bicyclic) bond motifs is 1. The normalized spacial score (nSPS) is 9.61. The molecule has 2 aromatic carbocycles. The molecule has 3 heteroatoms. The van der Waals surface area contributed by atoms with Crippen LogP contribution in [0.2, 0.25) is 0 Å². The average molecular weight is 303 g/mol. The molecule has 18 heavy (non-hydrogen) atoms. The largest absolute Gasteiger partial charge is 0.464 e. The number of hydrogen-bond acceptors (Lipinski definition) is 2. The lowest BCUT2D eigenvalue weighted by Crippen LogP contribution is -1.96. The summed E-state index contributed by atoms with van der Waals surface area (Å²) in [6.45, 7) is 0. The molecule has 0 saturated carbocycles. The summed E-state index contributed by atoms with van der Waals surface area (Å²) >= 11 is 3.31. The van der Waals surface area contributed by atoms with Crippen LogP contribution in [0.3, 0.4) is 0 Å². The van der Waals surface area contributed by atoms with E-state index in [1.165, 1.54) is 12.3 Å². The molecule has 0 saturated heterocycles. The van der Waals surface area contributed by atoms with E-state index >= 15 is 0 Å². The highest BCUT2D eigenvalue weighted by Gasteiger charge is 1.95. The van der Waals surface area contributed by atoms with E-state index in [0.29, 0.717) is 11.0 Å². The Morgan fingerprint density at radius 3 is 2.11 bits per heavy atom. The lowest BCUT2D eigenvalue weighted by Gasteiger charge is -1.91. The zero-order valence-corrected chi connectivity index (χ0v) is 11.1. The van der Waals surface area contributed by atoms with Gasteiger partial charge in [0.05, 0.1) is 11.6 Å². The Kier molecular flexibility index (Phi) is 4.31. The van der Waals surface area contributed by atoms with Gasteiger partial charge in [-0.2, -0.15) is 0 Å². The third-order valence-corrected chi connectivity index (χ3v) is 2.83. The SMILES string of the molecule is Brc1ccccc1.O=c1ccoc2ccccc12. The molecule has 0 bridgehead atoms. The lowest BCUT2D eigenvalue weighted by molar-refractivity contribution is 0.602. The van der Waals surface area contributed by atoms with Crippen LogP contribution in [0.4, 0.5) is 0 Å². The molecular weight excluding hydrogens is 292 g/mol. The zero-order chi connectivity index (χ0) is 12.8. The molecule has 0 aliphatic rings. The minimum Gasteiger partial charge on any atom is -0.464 e. The topological polar surface area (TPSA) is 30.2 Å². The fourth-order valence-electron chi connectivity index (χ4n) is 1.45. The summed E-state index contributed by atoms with van der Waals surface area (Å²) in [4.78, 5) is 11.1. The second-order valence-corrected chi connectivity index (χ2v) is 4.49. The van der Waals surface area contributed by atoms with Gasteiger partial charge in [-0.1, -0.05) is 46.3 Å². The van der Waals surface area contributed by atoms with E-state index in [9.17, 15) is 4.79 Å². The third kappa shape index (κ3) is 3.31. The van der Waals surface area contributed by atoms with Gasteiger partial charge in [0.25, 0.3) is 0 Å². The quantitative estimate of drug-likeness (QED) is 0.622. The van der Waals surface area contributed by atoms with Gasteiger partial charge in [0, 0.05) is 10.5 Å². The molecule has 0 spiro atoms. The molecule has 3 rings (SSSR count). The molecule has 1 heterocycles. The maximum Gasteiger partial charge on any atom is 0.192 e. The van der Waals surface area contributed by atoms with Gasteiger partial charge in [-0.05, 0) is 24.3 Å². The van der Waals surface area contributed by atoms with E-state index in [1.807, 2.05) is 42.5 Å². The maximum atomic E-state index is 11.1. The average Bonchev–Trinajstić information content (AvgIpc) is 2.41. The van der Waals surface area contributed by atoms with Crippen LogP contribution in [-0.2, 0) is 0 Å². The van der Waals surface area contributed by atoms with Crippen molar-refractivity contribution < 1.29 is 4.42 Å². The molecule has 90 valence electrons. The van der Waals surface area contributed by atoms with Crippen LogP contribution in [0.1, 0.15) is 0 Å². The van der Waals surface area contributed by atoms with Gasteiger partial charge in [0.2, 0.25) is 0 Å². The second-order valence-electron chi connectivity index (χ2n) is 3.58. The first-order chi connectivity index (χ1) is 8.77. The predicted molar refractivity (Wildman–Crippen MR) is 76.6 cm³/mol.